The molecular weight excluding hydrogens is 663 g/mol. The summed E-state index contributed by atoms with van der Waals surface area (Å²) in [6, 6.07) is 67.9. The molecule has 0 unspecified atom stereocenters. The normalized spacial score (nSPS) is 11.8. The molecule has 0 saturated heterocycles. The molecule has 11 rings (SSSR count). The van der Waals surface area contributed by atoms with E-state index in [1.54, 1.807) is 0 Å². The fourth-order valence-corrected chi connectivity index (χ4v) is 9.47. The minimum atomic E-state index is 0.878. The molecule has 0 amide bonds. The van der Waals surface area contributed by atoms with Crippen LogP contribution in [0.4, 0.5) is 17.1 Å². The van der Waals surface area contributed by atoms with Crippen molar-refractivity contribution in [3.8, 4) is 22.3 Å². The molecule has 0 aliphatic heterocycles. The molecule has 0 aliphatic rings. The fraction of sp³-hybridized carbons (Fsp3) is 0. The van der Waals surface area contributed by atoms with Crippen molar-refractivity contribution in [2.75, 3.05) is 4.90 Å². The van der Waals surface area contributed by atoms with Crippen LogP contribution >= 0.6 is 11.3 Å². The number of fused-ring (bicyclic) bond motifs is 9. The lowest BCUT2D eigenvalue weighted by atomic mass is 9.91. The maximum Gasteiger partial charge on any atom is 0.143 e. The molecule has 2 aromatic heterocycles. The first-order valence-electron chi connectivity index (χ1n) is 18.0. The molecule has 3 heteroatoms. The zero-order chi connectivity index (χ0) is 34.9. The Labute approximate surface area is 310 Å². The zero-order valence-corrected chi connectivity index (χ0v) is 29.5. The lowest BCUT2D eigenvalue weighted by Crippen LogP contribution is -2.10. The summed E-state index contributed by atoms with van der Waals surface area (Å²) in [5.41, 5.74) is 9.99. The Balaban J connectivity index is 1.15. The van der Waals surface area contributed by atoms with E-state index >= 15 is 0 Å². The number of benzene rings is 9. The summed E-state index contributed by atoms with van der Waals surface area (Å²) >= 11 is 1.85. The Kier molecular flexibility index (Phi) is 6.76. The van der Waals surface area contributed by atoms with E-state index in [1.807, 2.05) is 11.3 Å². The second-order valence-corrected chi connectivity index (χ2v) is 14.7. The van der Waals surface area contributed by atoms with Crippen molar-refractivity contribution in [3.05, 3.63) is 188 Å². The van der Waals surface area contributed by atoms with Crippen molar-refractivity contribution in [3.63, 3.8) is 0 Å². The van der Waals surface area contributed by atoms with E-state index in [2.05, 4.69) is 193 Å². The summed E-state index contributed by atoms with van der Waals surface area (Å²) in [6.45, 7) is 0. The Bertz CT molecular complexity index is 3170. The van der Waals surface area contributed by atoms with Crippen LogP contribution in [0.25, 0.3) is 85.9 Å². The number of thiophene rings is 1. The van der Waals surface area contributed by atoms with Gasteiger partial charge in [0.1, 0.15) is 11.2 Å². The summed E-state index contributed by atoms with van der Waals surface area (Å²) in [5, 5.41) is 9.57. The van der Waals surface area contributed by atoms with Gasteiger partial charge in [-0.15, -0.1) is 11.3 Å². The molecule has 53 heavy (non-hydrogen) atoms. The maximum absolute atomic E-state index is 6.71. The Morgan fingerprint density at radius 1 is 0.396 bits per heavy atom. The standard InChI is InChI=1S/C50H31NOS/c1-2-12-32(13-3-1)37-19-8-15-35-16-9-20-38(47(35)37)34-26-29-36(30-27-34)51(44-23-10-21-41-40-18-6-7-25-46(40)53-50(41)44)43-22-11-24-45-48(43)42-31-28-33-14-4-5-17-39(33)49(42)52-45/h1-31H. The number of nitrogens with zero attached hydrogens (tertiary/aromatic N) is 1. The van der Waals surface area contributed by atoms with E-state index in [0.717, 1.165) is 44.4 Å². The highest BCUT2D eigenvalue weighted by Crippen LogP contribution is 2.49. The summed E-state index contributed by atoms with van der Waals surface area (Å²) in [5.74, 6) is 0. The van der Waals surface area contributed by atoms with Gasteiger partial charge in [0.25, 0.3) is 0 Å². The maximum atomic E-state index is 6.71. The predicted molar refractivity (Wildman–Crippen MR) is 227 cm³/mol. The van der Waals surface area contributed by atoms with Crippen LogP contribution in [0, 0.1) is 0 Å². The van der Waals surface area contributed by atoms with Crippen molar-refractivity contribution >= 4 is 92.1 Å². The lowest BCUT2D eigenvalue weighted by molar-refractivity contribution is 0.672. The van der Waals surface area contributed by atoms with Gasteiger partial charge >= 0.3 is 0 Å². The first kappa shape index (κ1) is 30.0. The van der Waals surface area contributed by atoms with Gasteiger partial charge in [0, 0.05) is 31.9 Å². The Hall–Kier alpha value is -6.68. The third-order valence-electron chi connectivity index (χ3n) is 10.7. The first-order valence-corrected chi connectivity index (χ1v) is 18.8. The van der Waals surface area contributed by atoms with Gasteiger partial charge < -0.3 is 9.32 Å². The number of anilines is 3. The molecule has 0 fully saturated rings. The van der Waals surface area contributed by atoms with Crippen LogP contribution in [0.15, 0.2) is 192 Å². The molecule has 11 aromatic rings. The highest BCUT2D eigenvalue weighted by molar-refractivity contribution is 7.26. The minimum absolute atomic E-state index is 0.878. The number of furan rings is 1. The molecule has 0 N–H and O–H groups in total. The van der Waals surface area contributed by atoms with E-state index in [-0.39, 0.29) is 0 Å². The molecule has 0 bridgehead atoms. The molecule has 2 nitrogen and oxygen atoms in total. The van der Waals surface area contributed by atoms with Crippen LogP contribution in [0.1, 0.15) is 0 Å². The van der Waals surface area contributed by atoms with E-state index in [9.17, 15) is 0 Å². The van der Waals surface area contributed by atoms with E-state index in [1.165, 1.54) is 58.6 Å². The molecule has 248 valence electrons. The van der Waals surface area contributed by atoms with Crippen LogP contribution in [0.3, 0.4) is 0 Å². The lowest BCUT2D eigenvalue weighted by Gasteiger charge is -2.27. The highest BCUT2D eigenvalue weighted by Gasteiger charge is 2.23. The molecule has 0 spiro atoms. The smallest absolute Gasteiger partial charge is 0.143 e. The van der Waals surface area contributed by atoms with Crippen LogP contribution in [-0.4, -0.2) is 0 Å². The van der Waals surface area contributed by atoms with E-state index in [0.29, 0.717) is 0 Å². The van der Waals surface area contributed by atoms with Gasteiger partial charge in [-0.25, -0.2) is 0 Å². The van der Waals surface area contributed by atoms with E-state index in [4.69, 9.17) is 4.42 Å². The molecule has 0 saturated carbocycles. The predicted octanol–water partition coefficient (Wildman–Crippen LogP) is 15.1. The Morgan fingerprint density at radius 2 is 1.04 bits per heavy atom. The molecule has 0 radical (unpaired) electrons. The van der Waals surface area contributed by atoms with Crippen molar-refractivity contribution in [1.29, 1.82) is 0 Å². The molecule has 0 atom stereocenters. The number of rotatable bonds is 5. The number of hydrogen-bond donors (Lipinski definition) is 0. The van der Waals surface area contributed by atoms with Crippen LogP contribution in [0.2, 0.25) is 0 Å². The van der Waals surface area contributed by atoms with Gasteiger partial charge in [-0.05, 0) is 80.9 Å². The summed E-state index contributed by atoms with van der Waals surface area (Å²) < 4.78 is 9.25. The monoisotopic (exact) mass is 693 g/mol. The van der Waals surface area contributed by atoms with Gasteiger partial charge in [0.05, 0.1) is 21.5 Å². The summed E-state index contributed by atoms with van der Waals surface area (Å²) in [6.07, 6.45) is 0. The second kappa shape index (κ2) is 11.9. The quantitative estimate of drug-likeness (QED) is 0.178. The van der Waals surface area contributed by atoms with Gasteiger partial charge in [-0.2, -0.15) is 0 Å². The third-order valence-corrected chi connectivity index (χ3v) is 11.9. The van der Waals surface area contributed by atoms with Crippen molar-refractivity contribution in [1.82, 2.24) is 0 Å². The topological polar surface area (TPSA) is 16.4 Å². The molecular formula is C50H31NOS. The van der Waals surface area contributed by atoms with Gasteiger partial charge in [-0.1, -0.05) is 146 Å². The van der Waals surface area contributed by atoms with Gasteiger partial charge in [0.15, 0.2) is 0 Å². The summed E-state index contributed by atoms with van der Waals surface area (Å²) in [4.78, 5) is 2.44. The van der Waals surface area contributed by atoms with Crippen LogP contribution in [0.5, 0.6) is 0 Å². The second-order valence-electron chi connectivity index (χ2n) is 13.6. The average molecular weight is 694 g/mol. The van der Waals surface area contributed by atoms with Crippen molar-refractivity contribution in [2.45, 2.75) is 0 Å². The van der Waals surface area contributed by atoms with Crippen LogP contribution in [-0.2, 0) is 0 Å². The molecule has 2 heterocycles. The van der Waals surface area contributed by atoms with Crippen molar-refractivity contribution < 1.29 is 4.42 Å². The average Bonchev–Trinajstić information content (AvgIpc) is 3.81. The van der Waals surface area contributed by atoms with Gasteiger partial charge in [-0.3, -0.25) is 0 Å². The summed E-state index contributed by atoms with van der Waals surface area (Å²) in [7, 11) is 0. The van der Waals surface area contributed by atoms with Gasteiger partial charge in [0.2, 0.25) is 0 Å². The fourth-order valence-electron chi connectivity index (χ4n) is 8.27. The SMILES string of the molecule is c1ccc(-c2cccc3cccc(-c4ccc(N(c5cccc6c5sc5ccccc56)c5cccc6oc7c8ccccc8ccc7c56)cc4)c23)cc1. The minimum Gasteiger partial charge on any atom is -0.455 e. The van der Waals surface area contributed by atoms with Crippen LogP contribution < -0.4 is 4.90 Å². The Morgan fingerprint density at radius 3 is 1.87 bits per heavy atom. The van der Waals surface area contributed by atoms with Crippen molar-refractivity contribution in [2.24, 2.45) is 0 Å². The zero-order valence-electron chi connectivity index (χ0n) is 28.7. The molecule has 9 aromatic carbocycles. The molecule has 0 aliphatic carbocycles. The number of hydrogen-bond acceptors (Lipinski definition) is 3. The van der Waals surface area contributed by atoms with E-state index < -0.39 is 0 Å². The third kappa shape index (κ3) is 4.71. The first-order chi connectivity index (χ1) is 26.3. The highest BCUT2D eigenvalue weighted by atomic mass is 32.1. The largest absolute Gasteiger partial charge is 0.455 e.